The highest BCUT2D eigenvalue weighted by molar-refractivity contribution is 6.35. The van der Waals surface area contributed by atoms with Gasteiger partial charge in [0.25, 0.3) is 0 Å². The van der Waals surface area contributed by atoms with Gasteiger partial charge in [-0.05, 0) is 43.2 Å². The van der Waals surface area contributed by atoms with Gasteiger partial charge in [-0.25, -0.2) is 4.39 Å². The minimum Gasteiger partial charge on any atom is -0.310 e. The standard InChI is InChI=1S/C16H16Cl2FN/c1-11(9-12-5-7-13(19)8-6-12)20-10-14-15(17)3-2-4-16(14)18/h2-8,11,20H,9-10H2,1H3. The summed E-state index contributed by atoms with van der Waals surface area (Å²) in [7, 11) is 0. The van der Waals surface area contributed by atoms with Crippen molar-refractivity contribution in [2.75, 3.05) is 0 Å². The van der Waals surface area contributed by atoms with Gasteiger partial charge in [-0.1, -0.05) is 41.4 Å². The van der Waals surface area contributed by atoms with Gasteiger partial charge in [0, 0.05) is 28.2 Å². The molecule has 0 aliphatic rings. The molecule has 2 aromatic carbocycles. The Kier molecular flexibility index (Phi) is 5.41. The van der Waals surface area contributed by atoms with Gasteiger partial charge in [-0.3, -0.25) is 0 Å². The van der Waals surface area contributed by atoms with Crippen LogP contribution in [0.5, 0.6) is 0 Å². The first-order valence-electron chi connectivity index (χ1n) is 6.47. The third-order valence-electron chi connectivity index (χ3n) is 3.14. The van der Waals surface area contributed by atoms with E-state index in [0.717, 1.165) is 17.5 Å². The van der Waals surface area contributed by atoms with Crippen molar-refractivity contribution in [2.45, 2.75) is 25.9 Å². The summed E-state index contributed by atoms with van der Waals surface area (Å²) in [6.07, 6.45) is 0.822. The second-order valence-electron chi connectivity index (χ2n) is 4.81. The summed E-state index contributed by atoms with van der Waals surface area (Å²) in [5, 5.41) is 4.71. The van der Waals surface area contributed by atoms with Crippen LogP contribution in [0.15, 0.2) is 42.5 Å². The topological polar surface area (TPSA) is 12.0 Å². The molecule has 1 nitrogen and oxygen atoms in total. The SMILES string of the molecule is CC(Cc1ccc(F)cc1)NCc1c(Cl)cccc1Cl. The molecule has 0 spiro atoms. The molecule has 1 unspecified atom stereocenters. The molecule has 0 radical (unpaired) electrons. The van der Waals surface area contributed by atoms with E-state index in [1.807, 2.05) is 18.2 Å². The van der Waals surface area contributed by atoms with Crippen LogP contribution < -0.4 is 5.32 Å². The fourth-order valence-corrected chi connectivity index (χ4v) is 2.55. The van der Waals surface area contributed by atoms with Gasteiger partial charge in [-0.2, -0.15) is 0 Å². The lowest BCUT2D eigenvalue weighted by molar-refractivity contribution is 0.544. The van der Waals surface area contributed by atoms with Gasteiger partial charge < -0.3 is 5.32 Å². The summed E-state index contributed by atoms with van der Waals surface area (Å²) in [4.78, 5) is 0. The highest BCUT2D eigenvalue weighted by Crippen LogP contribution is 2.24. The zero-order valence-corrected chi connectivity index (χ0v) is 12.7. The van der Waals surface area contributed by atoms with Crippen LogP contribution in [0.1, 0.15) is 18.1 Å². The number of benzene rings is 2. The Morgan fingerprint density at radius 1 is 1.05 bits per heavy atom. The minimum absolute atomic E-state index is 0.211. The molecular formula is C16H16Cl2FN. The number of halogens is 3. The van der Waals surface area contributed by atoms with Crippen molar-refractivity contribution < 1.29 is 4.39 Å². The Bertz CT molecular complexity index is 549. The van der Waals surface area contributed by atoms with Crippen LogP contribution in [0.4, 0.5) is 4.39 Å². The maximum Gasteiger partial charge on any atom is 0.123 e. The molecule has 0 aliphatic carbocycles. The average Bonchev–Trinajstić information content (AvgIpc) is 2.41. The molecule has 0 aromatic heterocycles. The van der Waals surface area contributed by atoms with Crippen molar-refractivity contribution in [2.24, 2.45) is 0 Å². The lowest BCUT2D eigenvalue weighted by atomic mass is 10.1. The minimum atomic E-state index is -0.211. The van der Waals surface area contributed by atoms with E-state index in [1.54, 1.807) is 12.1 Å². The van der Waals surface area contributed by atoms with E-state index in [0.29, 0.717) is 16.6 Å². The summed E-state index contributed by atoms with van der Waals surface area (Å²) >= 11 is 12.2. The highest BCUT2D eigenvalue weighted by atomic mass is 35.5. The molecule has 0 saturated carbocycles. The van der Waals surface area contributed by atoms with Crippen LogP contribution in [0.3, 0.4) is 0 Å². The summed E-state index contributed by atoms with van der Waals surface area (Å²) in [6.45, 7) is 2.69. The molecule has 0 saturated heterocycles. The van der Waals surface area contributed by atoms with Crippen LogP contribution in [-0.2, 0) is 13.0 Å². The van der Waals surface area contributed by atoms with Crippen LogP contribution in [-0.4, -0.2) is 6.04 Å². The first-order chi connectivity index (χ1) is 9.56. The van der Waals surface area contributed by atoms with E-state index < -0.39 is 0 Å². The van der Waals surface area contributed by atoms with Gasteiger partial charge >= 0.3 is 0 Å². The van der Waals surface area contributed by atoms with Crippen molar-refractivity contribution in [3.05, 3.63) is 69.5 Å². The molecule has 0 aliphatic heterocycles. The van der Waals surface area contributed by atoms with Gasteiger partial charge in [-0.15, -0.1) is 0 Å². The molecule has 4 heteroatoms. The van der Waals surface area contributed by atoms with Crippen molar-refractivity contribution in [3.63, 3.8) is 0 Å². The number of rotatable bonds is 5. The van der Waals surface area contributed by atoms with Crippen LogP contribution >= 0.6 is 23.2 Å². The van der Waals surface area contributed by atoms with Crippen molar-refractivity contribution in [1.82, 2.24) is 5.32 Å². The monoisotopic (exact) mass is 311 g/mol. The highest BCUT2D eigenvalue weighted by Gasteiger charge is 2.08. The molecule has 1 N–H and O–H groups in total. The molecule has 106 valence electrons. The third kappa shape index (κ3) is 4.20. The van der Waals surface area contributed by atoms with Crippen LogP contribution in [0.2, 0.25) is 10.0 Å². The van der Waals surface area contributed by atoms with Gasteiger partial charge in [0.15, 0.2) is 0 Å². The summed E-state index contributed by atoms with van der Waals surface area (Å²) in [6, 6.07) is 12.3. The zero-order valence-electron chi connectivity index (χ0n) is 11.2. The summed E-state index contributed by atoms with van der Waals surface area (Å²) in [5.74, 6) is -0.211. The van der Waals surface area contributed by atoms with Crippen molar-refractivity contribution in [3.8, 4) is 0 Å². The fraction of sp³-hybridized carbons (Fsp3) is 0.250. The molecule has 2 rings (SSSR count). The fourth-order valence-electron chi connectivity index (χ4n) is 2.02. The average molecular weight is 312 g/mol. The predicted molar refractivity (Wildman–Crippen MR) is 82.9 cm³/mol. The number of hydrogen-bond acceptors (Lipinski definition) is 1. The Hall–Kier alpha value is -1.09. The molecular weight excluding hydrogens is 296 g/mol. The molecule has 1 atom stereocenters. The molecule has 20 heavy (non-hydrogen) atoms. The largest absolute Gasteiger partial charge is 0.310 e. The van der Waals surface area contributed by atoms with Gasteiger partial charge in [0.05, 0.1) is 0 Å². The Morgan fingerprint density at radius 2 is 1.65 bits per heavy atom. The van der Waals surface area contributed by atoms with E-state index in [4.69, 9.17) is 23.2 Å². The molecule has 0 fully saturated rings. The maximum absolute atomic E-state index is 12.8. The van der Waals surface area contributed by atoms with Crippen molar-refractivity contribution in [1.29, 1.82) is 0 Å². The van der Waals surface area contributed by atoms with Crippen molar-refractivity contribution >= 4 is 23.2 Å². The number of nitrogens with one attached hydrogen (secondary N) is 1. The van der Waals surface area contributed by atoms with Gasteiger partial charge in [0.1, 0.15) is 5.82 Å². The Balaban J connectivity index is 1.92. The molecule has 0 bridgehead atoms. The van der Waals surface area contributed by atoms with Crippen LogP contribution in [0.25, 0.3) is 0 Å². The first-order valence-corrected chi connectivity index (χ1v) is 7.22. The van der Waals surface area contributed by atoms with Crippen LogP contribution in [0, 0.1) is 5.82 Å². The van der Waals surface area contributed by atoms with E-state index >= 15 is 0 Å². The second kappa shape index (κ2) is 7.07. The summed E-state index contributed by atoms with van der Waals surface area (Å²) in [5.41, 5.74) is 2.00. The third-order valence-corrected chi connectivity index (χ3v) is 3.85. The lowest BCUT2D eigenvalue weighted by Gasteiger charge is -2.15. The van der Waals surface area contributed by atoms with E-state index in [1.165, 1.54) is 12.1 Å². The number of hydrogen-bond donors (Lipinski definition) is 1. The Labute approximate surface area is 128 Å². The molecule has 2 aromatic rings. The smallest absolute Gasteiger partial charge is 0.123 e. The quantitative estimate of drug-likeness (QED) is 0.832. The molecule has 0 heterocycles. The molecule has 0 amide bonds. The summed E-state index contributed by atoms with van der Waals surface area (Å²) < 4.78 is 12.8. The van der Waals surface area contributed by atoms with E-state index in [9.17, 15) is 4.39 Å². The predicted octanol–water partition coefficient (Wildman–Crippen LogP) is 4.85. The van der Waals surface area contributed by atoms with Gasteiger partial charge in [0.2, 0.25) is 0 Å². The zero-order chi connectivity index (χ0) is 14.5. The first kappa shape index (κ1) is 15.3. The Morgan fingerprint density at radius 3 is 2.25 bits per heavy atom. The second-order valence-corrected chi connectivity index (χ2v) is 5.63. The lowest BCUT2D eigenvalue weighted by Crippen LogP contribution is -2.27. The van der Waals surface area contributed by atoms with E-state index in [2.05, 4.69) is 12.2 Å². The van der Waals surface area contributed by atoms with E-state index in [-0.39, 0.29) is 11.9 Å². The normalized spacial score (nSPS) is 12.4. The maximum atomic E-state index is 12.8.